The average molecular weight is 512 g/mol. The monoisotopic (exact) mass is 511 g/mol. The number of carbonyl (C=O) groups excluding carboxylic acids is 2. The number of rotatable bonds is 5. The number of hydrogen-bond acceptors (Lipinski definition) is 7. The minimum absolute atomic E-state index is 0.0575. The first kappa shape index (κ1) is 25.2. The van der Waals surface area contributed by atoms with Crippen LogP contribution in [0.15, 0.2) is 30.5 Å². The Bertz CT molecular complexity index is 1080. The van der Waals surface area contributed by atoms with Crippen LogP contribution in [0.1, 0.15) is 39.9 Å². The van der Waals surface area contributed by atoms with E-state index in [0.717, 1.165) is 6.20 Å². The molecule has 0 N–H and O–H groups in total. The molecule has 0 radical (unpaired) electrons. The van der Waals surface area contributed by atoms with Gasteiger partial charge >= 0.3 is 12.1 Å². The van der Waals surface area contributed by atoms with Gasteiger partial charge in [0.1, 0.15) is 11.4 Å². The number of hydrogen-bond donors (Lipinski definition) is 0. The molecule has 1 amide bonds. The van der Waals surface area contributed by atoms with Crippen LogP contribution in [-0.4, -0.2) is 83.6 Å². The summed E-state index contributed by atoms with van der Waals surface area (Å²) in [7, 11) is 0. The van der Waals surface area contributed by atoms with Gasteiger partial charge in [-0.25, -0.2) is 14.8 Å². The van der Waals surface area contributed by atoms with Crippen LogP contribution < -0.4 is 4.90 Å². The minimum Gasteiger partial charge on any atom is -0.462 e. The number of alkyl halides is 3. The van der Waals surface area contributed by atoms with Crippen molar-refractivity contribution in [3.63, 3.8) is 0 Å². The Labute approximate surface area is 205 Å². The number of benzene rings is 1. The molecule has 12 heteroatoms. The Balaban J connectivity index is 1.42. The van der Waals surface area contributed by atoms with E-state index in [1.54, 1.807) is 41.0 Å². The molecule has 1 atom stereocenters. The molecule has 1 aromatic heterocycles. The molecule has 0 aliphatic carbocycles. The molecule has 8 nitrogen and oxygen atoms in total. The van der Waals surface area contributed by atoms with Gasteiger partial charge in [-0.1, -0.05) is 11.6 Å². The maximum absolute atomic E-state index is 13.2. The van der Waals surface area contributed by atoms with E-state index in [2.05, 4.69) is 14.9 Å². The van der Waals surface area contributed by atoms with E-state index in [-0.39, 0.29) is 29.9 Å². The van der Waals surface area contributed by atoms with Gasteiger partial charge in [0.15, 0.2) is 0 Å². The summed E-state index contributed by atoms with van der Waals surface area (Å²) in [6.45, 7) is 4.91. The van der Waals surface area contributed by atoms with Crippen molar-refractivity contribution in [2.45, 2.75) is 25.6 Å². The molecule has 2 saturated heterocycles. The fourth-order valence-corrected chi connectivity index (χ4v) is 4.53. The second-order valence-electron chi connectivity index (χ2n) is 8.37. The standard InChI is InChI=1S/C23H25ClF3N5O3/c1-2-35-21(34)18-13-28-22(23(25,26)27)29-19(18)32-8-7-17(14-32)30-9-11-31(12-10-30)20(33)15-3-5-16(24)6-4-15/h3-6,13,17H,2,7-12,14H2,1H3/t17-/m0/s1. The Kier molecular flexibility index (Phi) is 7.46. The molecular weight excluding hydrogens is 487 g/mol. The van der Waals surface area contributed by atoms with Gasteiger partial charge in [0.05, 0.1) is 6.61 Å². The quantitative estimate of drug-likeness (QED) is 0.570. The highest BCUT2D eigenvalue weighted by atomic mass is 35.5. The van der Waals surface area contributed by atoms with E-state index in [4.69, 9.17) is 16.3 Å². The molecule has 35 heavy (non-hydrogen) atoms. The second kappa shape index (κ2) is 10.4. The van der Waals surface area contributed by atoms with Crippen molar-refractivity contribution in [2.75, 3.05) is 50.8 Å². The second-order valence-corrected chi connectivity index (χ2v) is 8.81. The van der Waals surface area contributed by atoms with Crippen LogP contribution in [0.2, 0.25) is 5.02 Å². The number of ether oxygens (including phenoxy) is 1. The van der Waals surface area contributed by atoms with Crippen molar-refractivity contribution in [3.8, 4) is 0 Å². The van der Waals surface area contributed by atoms with Crippen molar-refractivity contribution in [2.24, 2.45) is 0 Å². The molecule has 2 aliphatic rings. The van der Waals surface area contributed by atoms with Crippen LogP contribution in [0.4, 0.5) is 19.0 Å². The van der Waals surface area contributed by atoms with Gasteiger partial charge in [0.25, 0.3) is 5.91 Å². The molecule has 0 bridgehead atoms. The largest absolute Gasteiger partial charge is 0.462 e. The van der Waals surface area contributed by atoms with Gasteiger partial charge in [-0.2, -0.15) is 13.2 Å². The molecular formula is C23H25ClF3N5O3. The molecule has 0 spiro atoms. The molecule has 2 fully saturated rings. The highest BCUT2D eigenvalue weighted by Gasteiger charge is 2.38. The molecule has 0 saturated carbocycles. The number of amides is 1. The van der Waals surface area contributed by atoms with Crippen molar-refractivity contribution >= 4 is 29.3 Å². The Morgan fingerprint density at radius 3 is 2.43 bits per heavy atom. The van der Waals surface area contributed by atoms with Gasteiger partial charge < -0.3 is 14.5 Å². The van der Waals surface area contributed by atoms with E-state index >= 15 is 0 Å². The summed E-state index contributed by atoms with van der Waals surface area (Å²) in [5.41, 5.74) is 0.490. The van der Waals surface area contributed by atoms with Gasteiger partial charge in [-0.15, -0.1) is 0 Å². The van der Waals surface area contributed by atoms with Gasteiger partial charge in [0.2, 0.25) is 5.82 Å². The van der Waals surface area contributed by atoms with Crippen molar-refractivity contribution in [3.05, 3.63) is 52.4 Å². The lowest BCUT2D eigenvalue weighted by Gasteiger charge is -2.38. The Morgan fingerprint density at radius 1 is 1.11 bits per heavy atom. The molecule has 188 valence electrons. The third-order valence-corrected chi connectivity index (χ3v) is 6.44. The SMILES string of the molecule is CCOC(=O)c1cnc(C(F)(F)F)nc1N1CC[C@H](N2CCN(C(=O)c3ccc(Cl)cc3)CC2)C1. The highest BCUT2D eigenvalue weighted by Crippen LogP contribution is 2.31. The van der Waals surface area contributed by atoms with E-state index in [1.807, 2.05) is 0 Å². The first-order chi connectivity index (χ1) is 16.7. The predicted molar refractivity (Wildman–Crippen MR) is 123 cm³/mol. The number of carbonyl (C=O) groups is 2. The molecule has 4 rings (SSSR count). The molecule has 1 aromatic carbocycles. The predicted octanol–water partition coefficient (Wildman–Crippen LogP) is 3.36. The van der Waals surface area contributed by atoms with Gasteiger partial charge in [-0.3, -0.25) is 9.69 Å². The lowest BCUT2D eigenvalue weighted by Crippen LogP contribution is -2.52. The smallest absolute Gasteiger partial charge is 0.451 e. The van der Waals surface area contributed by atoms with Crippen molar-refractivity contribution in [1.29, 1.82) is 0 Å². The normalized spacial score (nSPS) is 19.2. The highest BCUT2D eigenvalue weighted by molar-refractivity contribution is 6.30. The number of nitrogens with zero attached hydrogens (tertiary/aromatic N) is 5. The third kappa shape index (κ3) is 5.67. The number of anilines is 1. The zero-order chi connectivity index (χ0) is 25.2. The molecule has 2 aliphatic heterocycles. The van der Waals surface area contributed by atoms with Crippen LogP contribution in [0, 0.1) is 0 Å². The van der Waals surface area contributed by atoms with E-state index in [1.165, 1.54) is 0 Å². The molecule has 0 unspecified atom stereocenters. The Morgan fingerprint density at radius 2 is 1.80 bits per heavy atom. The van der Waals surface area contributed by atoms with E-state index in [0.29, 0.717) is 56.3 Å². The first-order valence-electron chi connectivity index (χ1n) is 11.3. The van der Waals surface area contributed by atoms with Crippen molar-refractivity contribution < 1.29 is 27.5 Å². The number of esters is 1. The molecule has 2 aromatic rings. The number of aromatic nitrogens is 2. The Hall–Kier alpha value is -2.92. The number of piperazine rings is 1. The maximum atomic E-state index is 13.2. The van der Waals surface area contributed by atoms with E-state index < -0.39 is 18.0 Å². The third-order valence-electron chi connectivity index (χ3n) is 6.19. The first-order valence-corrected chi connectivity index (χ1v) is 11.7. The van der Waals surface area contributed by atoms with Gasteiger partial charge in [0, 0.05) is 62.1 Å². The van der Waals surface area contributed by atoms with Crippen molar-refractivity contribution in [1.82, 2.24) is 19.8 Å². The zero-order valence-corrected chi connectivity index (χ0v) is 19.8. The number of halogens is 4. The summed E-state index contributed by atoms with van der Waals surface area (Å²) in [6, 6.07) is 6.82. The summed E-state index contributed by atoms with van der Waals surface area (Å²) in [4.78, 5) is 37.8. The van der Waals surface area contributed by atoms with Crippen LogP contribution in [0.3, 0.4) is 0 Å². The fourth-order valence-electron chi connectivity index (χ4n) is 4.40. The lowest BCUT2D eigenvalue weighted by molar-refractivity contribution is -0.144. The van der Waals surface area contributed by atoms with Gasteiger partial charge in [-0.05, 0) is 37.6 Å². The maximum Gasteiger partial charge on any atom is 0.451 e. The summed E-state index contributed by atoms with van der Waals surface area (Å²) >= 11 is 5.90. The fraction of sp³-hybridized carbons (Fsp3) is 0.478. The summed E-state index contributed by atoms with van der Waals surface area (Å²) in [5, 5.41) is 0.564. The average Bonchev–Trinajstić information content (AvgIpc) is 3.34. The van der Waals surface area contributed by atoms with Crippen LogP contribution in [0.5, 0.6) is 0 Å². The summed E-state index contributed by atoms with van der Waals surface area (Å²) in [6.07, 6.45) is -3.15. The molecule has 3 heterocycles. The minimum atomic E-state index is -4.73. The summed E-state index contributed by atoms with van der Waals surface area (Å²) < 4.78 is 44.7. The van der Waals surface area contributed by atoms with Crippen LogP contribution >= 0.6 is 11.6 Å². The zero-order valence-electron chi connectivity index (χ0n) is 19.1. The lowest BCUT2D eigenvalue weighted by atomic mass is 10.1. The van der Waals surface area contributed by atoms with Crippen LogP contribution in [0.25, 0.3) is 0 Å². The topological polar surface area (TPSA) is 78.9 Å². The van der Waals surface area contributed by atoms with Crippen LogP contribution in [-0.2, 0) is 10.9 Å². The summed E-state index contributed by atoms with van der Waals surface area (Å²) in [5.74, 6) is -2.17. The van der Waals surface area contributed by atoms with E-state index in [9.17, 15) is 22.8 Å².